The van der Waals surface area contributed by atoms with Gasteiger partial charge in [0.2, 0.25) is 0 Å². The second kappa shape index (κ2) is 6.64. The number of anilines is 1. The van der Waals surface area contributed by atoms with Crippen molar-refractivity contribution in [2.45, 2.75) is 31.7 Å². The van der Waals surface area contributed by atoms with Crippen molar-refractivity contribution in [3.63, 3.8) is 0 Å². The molecular weight excluding hydrogens is 224 g/mol. The molecule has 2 rings (SSSR count). The number of nitrogens with zero attached hydrogens (tertiary/aromatic N) is 1. The molecule has 0 bridgehead atoms. The van der Waals surface area contributed by atoms with Gasteiger partial charge in [-0.1, -0.05) is 0 Å². The lowest BCUT2D eigenvalue weighted by Crippen LogP contribution is -2.24. The van der Waals surface area contributed by atoms with E-state index in [1.165, 1.54) is 37.9 Å². The Balaban J connectivity index is 1.74. The topological polar surface area (TPSA) is 24.5 Å². The Bertz CT molecular complexity index is 344. The van der Waals surface area contributed by atoms with E-state index in [1.54, 1.807) is 7.11 Å². The van der Waals surface area contributed by atoms with Crippen LogP contribution in [0.4, 0.5) is 5.69 Å². The molecule has 1 heterocycles. The minimum absolute atomic E-state index is 0.759. The zero-order valence-corrected chi connectivity index (χ0v) is 11.5. The molecule has 0 aromatic heterocycles. The van der Waals surface area contributed by atoms with Crippen molar-refractivity contribution >= 4 is 5.69 Å². The minimum atomic E-state index is 0.759. The third-order valence-electron chi connectivity index (χ3n) is 3.72. The van der Waals surface area contributed by atoms with Crippen LogP contribution in [0, 0.1) is 0 Å². The van der Waals surface area contributed by atoms with E-state index in [1.807, 2.05) is 12.1 Å². The minimum Gasteiger partial charge on any atom is -0.497 e. The highest BCUT2D eigenvalue weighted by atomic mass is 16.5. The molecule has 1 saturated heterocycles. The molecular formula is C15H24N2O. The lowest BCUT2D eigenvalue weighted by atomic mass is 10.1. The molecule has 0 radical (unpaired) electrons. The summed E-state index contributed by atoms with van der Waals surface area (Å²) in [5.74, 6) is 0.919. The quantitative estimate of drug-likeness (QED) is 0.837. The molecule has 1 unspecified atom stereocenters. The van der Waals surface area contributed by atoms with Crippen molar-refractivity contribution in [1.82, 2.24) is 5.32 Å². The largest absolute Gasteiger partial charge is 0.497 e. The first kappa shape index (κ1) is 13.2. The van der Waals surface area contributed by atoms with Crippen LogP contribution >= 0.6 is 0 Å². The monoisotopic (exact) mass is 248 g/mol. The molecule has 0 amide bonds. The maximum atomic E-state index is 5.17. The van der Waals surface area contributed by atoms with Crippen LogP contribution in [0.1, 0.15) is 25.7 Å². The molecule has 1 N–H and O–H groups in total. The highest BCUT2D eigenvalue weighted by Gasteiger charge is 2.13. The summed E-state index contributed by atoms with van der Waals surface area (Å²) in [6, 6.07) is 9.03. The van der Waals surface area contributed by atoms with Crippen LogP contribution in [-0.2, 0) is 0 Å². The SMILES string of the molecule is COc1ccc(N(C)CCCC2CCCN2)cc1. The van der Waals surface area contributed by atoms with E-state index < -0.39 is 0 Å². The van der Waals surface area contributed by atoms with Gasteiger partial charge in [0.15, 0.2) is 0 Å². The molecule has 0 aliphatic carbocycles. The fraction of sp³-hybridized carbons (Fsp3) is 0.600. The number of hydrogen-bond acceptors (Lipinski definition) is 3. The van der Waals surface area contributed by atoms with Gasteiger partial charge in [-0.3, -0.25) is 0 Å². The second-order valence-corrected chi connectivity index (χ2v) is 5.06. The van der Waals surface area contributed by atoms with E-state index in [-0.39, 0.29) is 0 Å². The second-order valence-electron chi connectivity index (χ2n) is 5.06. The Hall–Kier alpha value is -1.22. The van der Waals surface area contributed by atoms with Crippen molar-refractivity contribution in [3.05, 3.63) is 24.3 Å². The van der Waals surface area contributed by atoms with Crippen molar-refractivity contribution in [2.75, 3.05) is 32.1 Å². The van der Waals surface area contributed by atoms with E-state index in [4.69, 9.17) is 4.74 Å². The Labute approximate surface area is 110 Å². The van der Waals surface area contributed by atoms with E-state index >= 15 is 0 Å². The van der Waals surface area contributed by atoms with Gasteiger partial charge in [0.25, 0.3) is 0 Å². The van der Waals surface area contributed by atoms with E-state index in [9.17, 15) is 0 Å². The summed E-state index contributed by atoms with van der Waals surface area (Å²) >= 11 is 0. The molecule has 1 aliphatic rings. The zero-order valence-electron chi connectivity index (χ0n) is 11.5. The van der Waals surface area contributed by atoms with Crippen molar-refractivity contribution in [1.29, 1.82) is 0 Å². The summed E-state index contributed by atoms with van der Waals surface area (Å²) in [4.78, 5) is 2.31. The highest BCUT2D eigenvalue weighted by molar-refractivity contribution is 5.48. The molecule has 100 valence electrons. The van der Waals surface area contributed by atoms with E-state index in [2.05, 4.69) is 29.4 Å². The van der Waals surface area contributed by atoms with Crippen LogP contribution in [0.15, 0.2) is 24.3 Å². The molecule has 1 aromatic rings. The Morgan fingerprint density at radius 3 is 2.72 bits per heavy atom. The number of rotatable bonds is 6. The molecule has 1 atom stereocenters. The Morgan fingerprint density at radius 2 is 2.11 bits per heavy atom. The van der Waals surface area contributed by atoms with Gasteiger partial charge in [-0.15, -0.1) is 0 Å². The highest BCUT2D eigenvalue weighted by Crippen LogP contribution is 2.19. The van der Waals surface area contributed by atoms with Crippen LogP contribution in [0.2, 0.25) is 0 Å². The summed E-state index contributed by atoms with van der Waals surface area (Å²) in [6.07, 6.45) is 5.24. The summed E-state index contributed by atoms with van der Waals surface area (Å²) in [5, 5.41) is 3.55. The van der Waals surface area contributed by atoms with Gasteiger partial charge in [0, 0.05) is 25.3 Å². The fourth-order valence-corrected chi connectivity index (χ4v) is 2.54. The Kier molecular flexibility index (Phi) is 4.88. The van der Waals surface area contributed by atoms with Gasteiger partial charge in [-0.2, -0.15) is 0 Å². The lowest BCUT2D eigenvalue weighted by Gasteiger charge is -2.20. The van der Waals surface area contributed by atoms with E-state index in [0.717, 1.165) is 18.3 Å². The molecule has 1 aromatic carbocycles. The average molecular weight is 248 g/mol. The maximum absolute atomic E-state index is 5.17. The van der Waals surface area contributed by atoms with Crippen LogP contribution in [-0.4, -0.2) is 33.3 Å². The first-order valence-corrected chi connectivity index (χ1v) is 6.88. The molecule has 0 spiro atoms. The number of nitrogens with one attached hydrogen (secondary N) is 1. The summed E-state index contributed by atoms with van der Waals surface area (Å²) in [5.41, 5.74) is 1.26. The van der Waals surface area contributed by atoms with Crippen molar-refractivity contribution in [2.24, 2.45) is 0 Å². The standard InChI is InChI=1S/C15H24N2O/c1-17(12-4-6-13-5-3-11-16-13)14-7-9-15(18-2)10-8-14/h7-10,13,16H,3-6,11-12H2,1-2H3. The van der Waals surface area contributed by atoms with Gasteiger partial charge in [0.1, 0.15) is 5.75 Å². The Morgan fingerprint density at radius 1 is 1.33 bits per heavy atom. The predicted octanol–water partition coefficient (Wildman–Crippen LogP) is 2.66. The number of ether oxygens (including phenoxy) is 1. The number of methoxy groups -OCH3 is 1. The van der Waals surface area contributed by atoms with Crippen LogP contribution in [0.3, 0.4) is 0 Å². The third-order valence-corrected chi connectivity index (χ3v) is 3.72. The van der Waals surface area contributed by atoms with Crippen LogP contribution < -0.4 is 15.0 Å². The normalized spacial score (nSPS) is 18.9. The molecule has 1 fully saturated rings. The van der Waals surface area contributed by atoms with Crippen molar-refractivity contribution in [3.8, 4) is 5.75 Å². The molecule has 3 heteroatoms. The first-order valence-electron chi connectivity index (χ1n) is 6.88. The van der Waals surface area contributed by atoms with Crippen LogP contribution in [0.5, 0.6) is 5.75 Å². The fourth-order valence-electron chi connectivity index (χ4n) is 2.54. The maximum Gasteiger partial charge on any atom is 0.119 e. The van der Waals surface area contributed by atoms with Crippen LogP contribution in [0.25, 0.3) is 0 Å². The van der Waals surface area contributed by atoms with Gasteiger partial charge >= 0.3 is 0 Å². The third kappa shape index (κ3) is 3.64. The molecule has 3 nitrogen and oxygen atoms in total. The molecule has 1 aliphatic heterocycles. The molecule has 0 saturated carbocycles. The summed E-state index contributed by atoms with van der Waals surface area (Å²) in [7, 11) is 3.86. The van der Waals surface area contributed by atoms with Gasteiger partial charge in [-0.25, -0.2) is 0 Å². The van der Waals surface area contributed by atoms with Gasteiger partial charge in [0.05, 0.1) is 7.11 Å². The lowest BCUT2D eigenvalue weighted by molar-refractivity contribution is 0.415. The van der Waals surface area contributed by atoms with E-state index in [0.29, 0.717) is 0 Å². The summed E-state index contributed by atoms with van der Waals surface area (Å²) in [6.45, 7) is 2.32. The van der Waals surface area contributed by atoms with Gasteiger partial charge < -0.3 is 15.0 Å². The van der Waals surface area contributed by atoms with Crippen molar-refractivity contribution < 1.29 is 4.74 Å². The number of hydrogen-bond donors (Lipinski definition) is 1. The molecule has 18 heavy (non-hydrogen) atoms. The summed E-state index contributed by atoms with van der Waals surface area (Å²) < 4.78 is 5.17. The van der Waals surface area contributed by atoms with Gasteiger partial charge in [-0.05, 0) is 56.5 Å². The number of benzene rings is 1. The average Bonchev–Trinajstić information content (AvgIpc) is 2.92. The smallest absolute Gasteiger partial charge is 0.119 e. The zero-order chi connectivity index (χ0) is 12.8. The first-order chi connectivity index (χ1) is 8.79. The predicted molar refractivity (Wildman–Crippen MR) is 76.5 cm³/mol.